The average Bonchev–Trinajstić information content (AvgIpc) is 1.96. The smallest absolute Gasteiger partial charge is 0.0622 e. The Morgan fingerprint density at radius 1 is 1.12 bits per heavy atom. The largest absolute Gasteiger partial charge is 0.390 e. The molecule has 1 fully saturated rings. The predicted molar refractivity (Wildman–Crippen MR) is 67.2 cm³/mol. The molecule has 0 bridgehead atoms. The average molecular weight is 228 g/mol. The van der Waals surface area contributed by atoms with Gasteiger partial charge in [-0.15, -0.1) is 0 Å². The van der Waals surface area contributed by atoms with Crippen LogP contribution in [-0.4, -0.2) is 21.4 Å². The van der Waals surface area contributed by atoms with Gasteiger partial charge in [0, 0.05) is 0 Å². The van der Waals surface area contributed by atoms with Crippen LogP contribution in [-0.2, 0) is 0 Å². The molecule has 0 saturated heterocycles. The van der Waals surface area contributed by atoms with Crippen molar-refractivity contribution in [3.05, 3.63) is 0 Å². The zero-order valence-corrected chi connectivity index (χ0v) is 11.7. The van der Waals surface area contributed by atoms with Crippen molar-refractivity contribution >= 4 is 0 Å². The maximum Gasteiger partial charge on any atom is 0.0622 e. The highest BCUT2D eigenvalue weighted by Crippen LogP contribution is 2.56. The van der Waals surface area contributed by atoms with E-state index in [-0.39, 0.29) is 0 Å². The lowest BCUT2D eigenvalue weighted by molar-refractivity contribution is -0.135. The summed E-state index contributed by atoms with van der Waals surface area (Å²) in [6, 6.07) is 0. The van der Waals surface area contributed by atoms with Gasteiger partial charge in [-0.3, -0.25) is 0 Å². The minimum atomic E-state index is -0.587. The molecule has 2 N–H and O–H groups in total. The van der Waals surface area contributed by atoms with Gasteiger partial charge in [-0.25, -0.2) is 0 Å². The number of rotatable bonds is 4. The van der Waals surface area contributed by atoms with Crippen LogP contribution in [0.5, 0.6) is 0 Å². The van der Waals surface area contributed by atoms with E-state index < -0.39 is 11.2 Å². The third-order valence-electron chi connectivity index (χ3n) is 4.21. The first-order valence-electron chi connectivity index (χ1n) is 6.38. The molecule has 1 aliphatic carbocycles. The number of hydrogen-bond acceptors (Lipinski definition) is 2. The third kappa shape index (κ3) is 3.21. The molecule has 0 aromatic carbocycles. The first kappa shape index (κ1) is 14.0. The zero-order chi connectivity index (χ0) is 12.8. The molecule has 1 saturated carbocycles. The maximum absolute atomic E-state index is 10.1. The highest BCUT2D eigenvalue weighted by atomic mass is 16.3. The van der Waals surface area contributed by atoms with Gasteiger partial charge in [0.05, 0.1) is 11.2 Å². The van der Waals surface area contributed by atoms with Gasteiger partial charge < -0.3 is 10.2 Å². The summed E-state index contributed by atoms with van der Waals surface area (Å²) in [6.07, 6.45) is 2.91. The Kier molecular flexibility index (Phi) is 3.49. The van der Waals surface area contributed by atoms with Crippen LogP contribution in [0.15, 0.2) is 0 Å². The molecule has 2 atom stereocenters. The molecular weight excluding hydrogens is 200 g/mol. The topological polar surface area (TPSA) is 40.5 Å². The van der Waals surface area contributed by atoms with Crippen LogP contribution >= 0.6 is 0 Å². The summed E-state index contributed by atoms with van der Waals surface area (Å²) in [5, 5.41) is 19.9. The van der Waals surface area contributed by atoms with E-state index in [0.717, 1.165) is 19.3 Å². The lowest BCUT2D eigenvalue weighted by Gasteiger charge is -2.56. The van der Waals surface area contributed by atoms with Crippen LogP contribution in [0.3, 0.4) is 0 Å². The van der Waals surface area contributed by atoms with E-state index in [2.05, 4.69) is 13.8 Å². The molecule has 0 unspecified atom stereocenters. The Morgan fingerprint density at radius 2 is 1.62 bits per heavy atom. The Bertz CT molecular complexity index is 242. The molecule has 0 radical (unpaired) electrons. The normalized spacial score (nSPS) is 30.0. The Balaban J connectivity index is 2.61. The number of hydrogen-bond donors (Lipinski definition) is 2. The van der Waals surface area contributed by atoms with Gasteiger partial charge >= 0.3 is 0 Å². The first-order valence-corrected chi connectivity index (χ1v) is 6.38. The fourth-order valence-corrected chi connectivity index (χ4v) is 3.09. The van der Waals surface area contributed by atoms with Crippen molar-refractivity contribution in [2.24, 2.45) is 17.3 Å². The van der Waals surface area contributed by atoms with E-state index >= 15 is 0 Å². The van der Waals surface area contributed by atoms with Crippen molar-refractivity contribution < 1.29 is 10.2 Å². The highest BCUT2D eigenvalue weighted by molar-refractivity contribution is 5.02. The van der Waals surface area contributed by atoms with Crippen molar-refractivity contribution in [1.29, 1.82) is 0 Å². The summed E-state index contributed by atoms with van der Waals surface area (Å²) < 4.78 is 0. The molecule has 1 rings (SSSR count). The lowest BCUT2D eigenvalue weighted by Crippen LogP contribution is -2.53. The maximum atomic E-state index is 10.1. The lowest BCUT2D eigenvalue weighted by atomic mass is 9.50. The van der Waals surface area contributed by atoms with E-state index in [1.165, 1.54) is 0 Å². The Labute approximate surface area is 100 Å². The summed E-state index contributed by atoms with van der Waals surface area (Å²) in [4.78, 5) is 0. The van der Waals surface area contributed by atoms with Gasteiger partial charge in [-0.1, -0.05) is 13.8 Å². The summed E-state index contributed by atoms with van der Waals surface area (Å²) in [6.45, 7) is 12.1. The quantitative estimate of drug-likeness (QED) is 0.776. The van der Waals surface area contributed by atoms with Gasteiger partial charge in [-0.05, 0) is 64.2 Å². The molecule has 0 aromatic heterocycles. The molecule has 0 spiro atoms. The fraction of sp³-hybridized carbons (Fsp3) is 1.00. The molecule has 2 nitrogen and oxygen atoms in total. The van der Waals surface area contributed by atoms with Crippen LogP contribution in [0.25, 0.3) is 0 Å². The van der Waals surface area contributed by atoms with Crippen LogP contribution < -0.4 is 0 Å². The number of aliphatic hydroxyl groups is 2. The van der Waals surface area contributed by atoms with E-state index in [0.29, 0.717) is 17.3 Å². The molecular formula is C14H28O2. The summed E-state index contributed by atoms with van der Waals surface area (Å²) >= 11 is 0. The molecule has 1 aliphatic rings. The first-order chi connectivity index (χ1) is 6.93. The van der Waals surface area contributed by atoms with E-state index in [4.69, 9.17) is 0 Å². The summed E-state index contributed by atoms with van der Waals surface area (Å²) in [5.74, 6) is 0.906. The minimum absolute atomic E-state index is 0.315. The highest BCUT2D eigenvalue weighted by Gasteiger charge is 2.52. The Hall–Kier alpha value is -0.0800. The zero-order valence-electron chi connectivity index (χ0n) is 11.7. The monoisotopic (exact) mass is 228 g/mol. The third-order valence-corrected chi connectivity index (χ3v) is 4.21. The van der Waals surface area contributed by atoms with Crippen LogP contribution in [0.1, 0.15) is 60.8 Å². The molecule has 0 aromatic rings. The van der Waals surface area contributed by atoms with Gasteiger partial charge in [0.15, 0.2) is 0 Å². The van der Waals surface area contributed by atoms with E-state index in [1.54, 1.807) is 0 Å². The SMILES string of the molecule is CC(C)(O)CC[C@@H]1[C@@H](C(C)(C)O)CC1(C)C. The van der Waals surface area contributed by atoms with Crippen LogP contribution in [0.2, 0.25) is 0 Å². The van der Waals surface area contributed by atoms with E-state index in [1.807, 2.05) is 27.7 Å². The molecule has 0 amide bonds. The van der Waals surface area contributed by atoms with Gasteiger partial charge in [0.2, 0.25) is 0 Å². The molecule has 0 heterocycles. The van der Waals surface area contributed by atoms with Crippen molar-refractivity contribution in [3.8, 4) is 0 Å². The second-order valence-electron chi connectivity index (χ2n) is 7.41. The van der Waals surface area contributed by atoms with Gasteiger partial charge in [-0.2, -0.15) is 0 Å². The molecule has 0 aliphatic heterocycles. The molecule has 16 heavy (non-hydrogen) atoms. The predicted octanol–water partition coefficient (Wildman–Crippen LogP) is 2.97. The van der Waals surface area contributed by atoms with Gasteiger partial charge in [0.25, 0.3) is 0 Å². The van der Waals surface area contributed by atoms with Crippen molar-refractivity contribution in [3.63, 3.8) is 0 Å². The van der Waals surface area contributed by atoms with Crippen molar-refractivity contribution in [2.75, 3.05) is 0 Å². The standard InChI is InChI=1S/C14H28O2/c1-12(2)9-11(14(5,6)16)10(12)7-8-13(3,4)15/h10-11,15-16H,7-9H2,1-6H3/t10-,11+/m1/s1. The Morgan fingerprint density at radius 3 is 1.94 bits per heavy atom. The van der Waals surface area contributed by atoms with Crippen LogP contribution in [0.4, 0.5) is 0 Å². The minimum Gasteiger partial charge on any atom is -0.390 e. The second-order valence-corrected chi connectivity index (χ2v) is 7.41. The van der Waals surface area contributed by atoms with Gasteiger partial charge in [0.1, 0.15) is 0 Å². The van der Waals surface area contributed by atoms with E-state index in [9.17, 15) is 10.2 Å². The summed E-state index contributed by atoms with van der Waals surface area (Å²) in [5.41, 5.74) is -0.856. The molecule has 96 valence electrons. The second kappa shape index (κ2) is 3.99. The van der Waals surface area contributed by atoms with Crippen LogP contribution in [0, 0.1) is 17.3 Å². The van der Waals surface area contributed by atoms with Crippen molar-refractivity contribution in [2.45, 2.75) is 72.0 Å². The summed E-state index contributed by atoms with van der Waals surface area (Å²) in [7, 11) is 0. The van der Waals surface area contributed by atoms with Crippen molar-refractivity contribution in [1.82, 2.24) is 0 Å². The fourth-order valence-electron chi connectivity index (χ4n) is 3.09. The molecule has 2 heteroatoms.